The number of rotatable bonds is 4. The Morgan fingerprint density at radius 1 is 1.23 bits per heavy atom. The number of carbonyl (C=O) groups excluding carboxylic acids is 1. The number of aromatic amines is 1. The highest BCUT2D eigenvalue weighted by Crippen LogP contribution is 2.27. The Morgan fingerprint density at radius 3 is 2.82 bits per heavy atom. The number of esters is 1. The molecule has 112 valence electrons. The van der Waals surface area contributed by atoms with Crippen molar-refractivity contribution in [2.24, 2.45) is 0 Å². The summed E-state index contributed by atoms with van der Waals surface area (Å²) in [6.45, 7) is 1.98. The average molecular weight is 318 g/mol. The zero-order valence-electron chi connectivity index (χ0n) is 11.7. The summed E-state index contributed by atoms with van der Waals surface area (Å²) in [5, 5.41) is 12.4. The smallest absolute Gasteiger partial charge is 0.362 e. The van der Waals surface area contributed by atoms with Crippen LogP contribution in [0, 0.1) is 0 Å². The molecule has 0 amide bonds. The van der Waals surface area contributed by atoms with Crippen molar-refractivity contribution in [1.82, 2.24) is 15.4 Å². The fraction of sp³-hybridized carbons (Fsp3) is 0.133. The summed E-state index contributed by atoms with van der Waals surface area (Å²) in [5.41, 5.74) is 0.0815. The summed E-state index contributed by atoms with van der Waals surface area (Å²) in [7, 11) is 0. The molecule has 0 aliphatic carbocycles. The summed E-state index contributed by atoms with van der Waals surface area (Å²) in [6, 6.07) is 11.0. The standard InChI is InChI=1S/C15H12ClN3O3/c1-2-21-15(20)13-14(18-19-17-13)22-12-6-4-9-7-11(16)5-3-10(9)8-12/h3-8H,2H2,1H3,(H,17,18,19). The number of ether oxygens (including phenoxy) is 2. The minimum Gasteiger partial charge on any atom is -0.461 e. The lowest BCUT2D eigenvalue weighted by Gasteiger charge is -2.06. The van der Waals surface area contributed by atoms with E-state index in [1.54, 1.807) is 19.1 Å². The lowest BCUT2D eigenvalue weighted by atomic mass is 10.1. The maximum Gasteiger partial charge on any atom is 0.362 e. The number of aromatic nitrogens is 3. The second-order valence-electron chi connectivity index (χ2n) is 4.47. The highest BCUT2D eigenvalue weighted by Gasteiger charge is 2.18. The molecule has 0 aliphatic heterocycles. The number of hydrogen-bond acceptors (Lipinski definition) is 5. The molecule has 0 saturated carbocycles. The Labute approximate surface area is 131 Å². The van der Waals surface area contributed by atoms with Crippen LogP contribution in [0.2, 0.25) is 5.02 Å². The molecule has 3 rings (SSSR count). The summed E-state index contributed by atoms with van der Waals surface area (Å²) >= 11 is 5.95. The lowest BCUT2D eigenvalue weighted by Crippen LogP contribution is -2.06. The van der Waals surface area contributed by atoms with Crippen molar-refractivity contribution in [3.63, 3.8) is 0 Å². The largest absolute Gasteiger partial charge is 0.461 e. The molecule has 6 nitrogen and oxygen atoms in total. The van der Waals surface area contributed by atoms with Gasteiger partial charge in [-0.1, -0.05) is 34.0 Å². The Bertz CT molecular complexity index is 832. The molecular formula is C15H12ClN3O3. The number of nitrogens with one attached hydrogen (secondary N) is 1. The van der Waals surface area contributed by atoms with Gasteiger partial charge in [-0.2, -0.15) is 0 Å². The minimum atomic E-state index is -0.560. The lowest BCUT2D eigenvalue weighted by molar-refractivity contribution is 0.0516. The van der Waals surface area contributed by atoms with Gasteiger partial charge in [-0.15, -0.1) is 0 Å². The first-order chi connectivity index (χ1) is 10.7. The van der Waals surface area contributed by atoms with Crippen LogP contribution in [-0.2, 0) is 4.74 Å². The van der Waals surface area contributed by atoms with Crippen LogP contribution >= 0.6 is 11.6 Å². The van der Waals surface area contributed by atoms with Crippen molar-refractivity contribution < 1.29 is 14.3 Å². The topological polar surface area (TPSA) is 77.1 Å². The molecule has 0 unspecified atom stereocenters. The molecule has 0 spiro atoms. The Morgan fingerprint density at radius 2 is 2.00 bits per heavy atom. The van der Waals surface area contributed by atoms with Crippen LogP contribution in [0.1, 0.15) is 17.4 Å². The summed E-state index contributed by atoms with van der Waals surface area (Å²) in [4.78, 5) is 11.7. The van der Waals surface area contributed by atoms with E-state index in [0.29, 0.717) is 10.8 Å². The van der Waals surface area contributed by atoms with E-state index >= 15 is 0 Å². The molecule has 2 aromatic carbocycles. The van der Waals surface area contributed by atoms with Gasteiger partial charge in [0.1, 0.15) is 5.75 Å². The van der Waals surface area contributed by atoms with Crippen LogP contribution in [0.25, 0.3) is 10.8 Å². The number of hydrogen-bond donors (Lipinski definition) is 1. The molecular weight excluding hydrogens is 306 g/mol. The molecule has 1 heterocycles. The van der Waals surface area contributed by atoms with Crippen molar-refractivity contribution in [2.75, 3.05) is 6.61 Å². The van der Waals surface area contributed by atoms with Gasteiger partial charge in [0.25, 0.3) is 5.88 Å². The SMILES string of the molecule is CCOC(=O)c1[nH]nnc1Oc1ccc2cc(Cl)ccc2c1. The Kier molecular flexibility index (Phi) is 3.93. The van der Waals surface area contributed by atoms with Gasteiger partial charge < -0.3 is 9.47 Å². The first-order valence-electron chi connectivity index (χ1n) is 6.62. The predicted octanol–water partition coefficient (Wildman–Crippen LogP) is 3.58. The van der Waals surface area contributed by atoms with Crippen LogP contribution < -0.4 is 4.74 Å². The van der Waals surface area contributed by atoms with Gasteiger partial charge in [0.2, 0.25) is 5.69 Å². The minimum absolute atomic E-state index is 0.0757. The summed E-state index contributed by atoms with van der Waals surface area (Å²) in [6.07, 6.45) is 0. The Hall–Kier alpha value is -2.60. The number of halogens is 1. The fourth-order valence-corrected chi connectivity index (χ4v) is 2.18. The van der Waals surface area contributed by atoms with E-state index in [1.807, 2.05) is 24.3 Å². The number of benzene rings is 2. The van der Waals surface area contributed by atoms with Gasteiger partial charge in [0.05, 0.1) is 6.61 Å². The quantitative estimate of drug-likeness (QED) is 0.744. The van der Waals surface area contributed by atoms with Gasteiger partial charge in [0.15, 0.2) is 0 Å². The predicted molar refractivity (Wildman–Crippen MR) is 81.4 cm³/mol. The van der Waals surface area contributed by atoms with Crippen LogP contribution in [0.15, 0.2) is 36.4 Å². The molecule has 0 atom stereocenters. The normalized spacial score (nSPS) is 10.6. The third-order valence-corrected chi connectivity index (χ3v) is 3.22. The second-order valence-corrected chi connectivity index (χ2v) is 4.90. The molecule has 1 aromatic heterocycles. The number of H-pyrrole nitrogens is 1. The maximum atomic E-state index is 11.7. The highest BCUT2D eigenvalue weighted by atomic mass is 35.5. The van der Waals surface area contributed by atoms with Gasteiger partial charge in [0, 0.05) is 5.02 Å². The first kappa shape index (κ1) is 14.3. The van der Waals surface area contributed by atoms with Crippen LogP contribution in [0.5, 0.6) is 11.6 Å². The fourth-order valence-electron chi connectivity index (χ4n) is 2.00. The Balaban J connectivity index is 1.89. The van der Waals surface area contributed by atoms with Crippen molar-refractivity contribution in [2.45, 2.75) is 6.92 Å². The van der Waals surface area contributed by atoms with Gasteiger partial charge in [-0.25, -0.2) is 9.89 Å². The van der Waals surface area contributed by atoms with Crippen molar-refractivity contribution in [1.29, 1.82) is 0 Å². The van der Waals surface area contributed by atoms with Crippen molar-refractivity contribution in [3.05, 3.63) is 47.1 Å². The van der Waals surface area contributed by atoms with E-state index in [0.717, 1.165) is 10.8 Å². The maximum absolute atomic E-state index is 11.7. The highest BCUT2D eigenvalue weighted by molar-refractivity contribution is 6.31. The van der Waals surface area contributed by atoms with E-state index in [-0.39, 0.29) is 18.2 Å². The average Bonchev–Trinajstić information content (AvgIpc) is 2.96. The van der Waals surface area contributed by atoms with Crippen LogP contribution in [-0.4, -0.2) is 28.0 Å². The molecule has 22 heavy (non-hydrogen) atoms. The van der Waals surface area contributed by atoms with E-state index in [4.69, 9.17) is 21.1 Å². The third-order valence-electron chi connectivity index (χ3n) is 2.98. The molecule has 3 aromatic rings. The van der Waals surface area contributed by atoms with Gasteiger partial charge in [-0.05, 0) is 42.0 Å². The summed E-state index contributed by atoms with van der Waals surface area (Å²) < 4.78 is 10.5. The van der Waals surface area contributed by atoms with Crippen molar-refractivity contribution >= 4 is 28.3 Å². The van der Waals surface area contributed by atoms with E-state index in [2.05, 4.69) is 15.4 Å². The molecule has 0 radical (unpaired) electrons. The zero-order valence-corrected chi connectivity index (χ0v) is 12.4. The summed E-state index contributed by atoms with van der Waals surface area (Å²) in [5.74, 6) is 0.0519. The molecule has 0 aliphatic rings. The van der Waals surface area contributed by atoms with Gasteiger partial charge >= 0.3 is 5.97 Å². The molecule has 1 N–H and O–H groups in total. The number of nitrogens with zero attached hydrogens (tertiary/aromatic N) is 2. The first-order valence-corrected chi connectivity index (χ1v) is 7.00. The third kappa shape index (κ3) is 2.87. The molecule has 0 bridgehead atoms. The number of carbonyl (C=O) groups is 1. The van der Waals surface area contributed by atoms with Crippen LogP contribution in [0.3, 0.4) is 0 Å². The molecule has 0 saturated heterocycles. The number of fused-ring (bicyclic) bond motifs is 1. The second kappa shape index (κ2) is 6.03. The van der Waals surface area contributed by atoms with E-state index in [9.17, 15) is 4.79 Å². The van der Waals surface area contributed by atoms with Gasteiger partial charge in [-0.3, -0.25) is 0 Å². The zero-order chi connectivity index (χ0) is 15.5. The van der Waals surface area contributed by atoms with Crippen LogP contribution in [0.4, 0.5) is 0 Å². The van der Waals surface area contributed by atoms with E-state index < -0.39 is 5.97 Å². The van der Waals surface area contributed by atoms with Crippen molar-refractivity contribution in [3.8, 4) is 11.6 Å². The van der Waals surface area contributed by atoms with E-state index in [1.165, 1.54) is 0 Å². The monoisotopic (exact) mass is 317 g/mol. The molecule has 7 heteroatoms. The molecule has 0 fully saturated rings.